The van der Waals surface area contributed by atoms with Gasteiger partial charge in [-0.15, -0.1) is 0 Å². The first kappa shape index (κ1) is 15.4. The molecular formula is C17H15BrN4O. The molecule has 3 aromatic rings. The molecule has 0 radical (unpaired) electrons. The summed E-state index contributed by atoms with van der Waals surface area (Å²) in [5.74, 6) is -0.132. The van der Waals surface area contributed by atoms with Gasteiger partial charge in [-0.3, -0.25) is 4.79 Å². The van der Waals surface area contributed by atoms with Crippen LogP contribution in [0.25, 0.3) is 10.9 Å². The van der Waals surface area contributed by atoms with Crippen LogP contribution in [0.2, 0.25) is 0 Å². The molecule has 0 atom stereocenters. The Balaban J connectivity index is 1.98. The lowest BCUT2D eigenvalue weighted by atomic mass is 10.1. The number of rotatable bonds is 2. The predicted octanol–water partition coefficient (Wildman–Crippen LogP) is 3.56. The van der Waals surface area contributed by atoms with Crippen LogP contribution in [0.1, 0.15) is 16.2 Å². The molecule has 1 amide bonds. The van der Waals surface area contributed by atoms with Crippen LogP contribution in [0.5, 0.6) is 0 Å². The van der Waals surface area contributed by atoms with E-state index in [1.165, 1.54) is 4.90 Å². The Bertz CT molecular complexity index is 887. The first-order valence-electron chi connectivity index (χ1n) is 7.03. The molecule has 0 fully saturated rings. The summed E-state index contributed by atoms with van der Waals surface area (Å²) in [5.41, 5.74) is 8.96. The van der Waals surface area contributed by atoms with Crippen molar-refractivity contribution in [1.29, 1.82) is 0 Å². The number of para-hydroxylation sites is 1. The van der Waals surface area contributed by atoms with Gasteiger partial charge in [0.1, 0.15) is 0 Å². The molecule has 6 heteroatoms. The number of hydrogen-bond donors (Lipinski definition) is 1. The van der Waals surface area contributed by atoms with Gasteiger partial charge < -0.3 is 10.6 Å². The lowest BCUT2D eigenvalue weighted by Crippen LogP contribution is -2.28. The van der Waals surface area contributed by atoms with Gasteiger partial charge in [0.05, 0.1) is 5.52 Å². The summed E-state index contributed by atoms with van der Waals surface area (Å²) in [6.07, 6.45) is 1.66. The van der Waals surface area contributed by atoms with Gasteiger partial charge >= 0.3 is 0 Å². The summed E-state index contributed by atoms with van der Waals surface area (Å²) in [6, 6.07) is 11.2. The maximum atomic E-state index is 12.6. The minimum absolute atomic E-state index is 0.154. The molecule has 23 heavy (non-hydrogen) atoms. The summed E-state index contributed by atoms with van der Waals surface area (Å²) in [6.45, 7) is 1.91. The number of nitrogens with two attached hydrogens (primary N) is 1. The van der Waals surface area contributed by atoms with Crippen LogP contribution < -0.4 is 10.6 Å². The second kappa shape index (κ2) is 5.96. The molecule has 116 valence electrons. The summed E-state index contributed by atoms with van der Waals surface area (Å²) < 4.78 is 0.853. The third-order valence-electron chi connectivity index (χ3n) is 3.74. The Morgan fingerprint density at radius 1 is 1.26 bits per heavy atom. The van der Waals surface area contributed by atoms with Gasteiger partial charge in [0.15, 0.2) is 0 Å². The summed E-state index contributed by atoms with van der Waals surface area (Å²) in [7, 11) is 1.68. The van der Waals surface area contributed by atoms with Crippen LogP contribution in [0, 0.1) is 6.92 Å². The average molecular weight is 371 g/mol. The molecule has 0 aliphatic carbocycles. The third-order valence-corrected chi connectivity index (χ3v) is 4.57. The largest absolute Gasteiger partial charge is 0.398 e. The highest BCUT2D eigenvalue weighted by Gasteiger charge is 2.18. The van der Waals surface area contributed by atoms with E-state index in [4.69, 9.17) is 5.73 Å². The number of nitrogen functional groups attached to an aromatic ring is 1. The number of amides is 1. The van der Waals surface area contributed by atoms with Crippen LogP contribution in [-0.4, -0.2) is 22.9 Å². The Morgan fingerprint density at radius 3 is 2.74 bits per heavy atom. The lowest BCUT2D eigenvalue weighted by Gasteiger charge is -2.18. The van der Waals surface area contributed by atoms with Crippen molar-refractivity contribution < 1.29 is 4.79 Å². The smallest absolute Gasteiger partial charge is 0.295 e. The zero-order valence-corrected chi connectivity index (χ0v) is 14.3. The Labute approximate surface area is 142 Å². The maximum Gasteiger partial charge on any atom is 0.295 e. The van der Waals surface area contributed by atoms with Crippen molar-refractivity contribution in [2.45, 2.75) is 6.92 Å². The van der Waals surface area contributed by atoms with Crippen molar-refractivity contribution in [3.8, 4) is 0 Å². The fraction of sp³-hybridized carbons (Fsp3) is 0.118. The van der Waals surface area contributed by atoms with Crippen LogP contribution in [0.3, 0.4) is 0 Å². The zero-order valence-electron chi connectivity index (χ0n) is 12.7. The molecule has 0 saturated carbocycles. The van der Waals surface area contributed by atoms with E-state index in [1.807, 2.05) is 37.3 Å². The minimum atomic E-state index is -0.286. The standard InChI is InChI=1S/C17H15BrN4O/c1-10-13(18)7-12(8-14(10)19)22(2)17(23)16-20-9-11-5-3-4-6-15(11)21-16/h3-9H,19H2,1-2H3. The minimum Gasteiger partial charge on any atom is -0.398 e. The number of fused-ring (bicyclic) bond motifs is 1. The quantitative estimate of drug-likeness (QED) is 0.700. The fourth-order valence-electron chi connectivity index (χ4n) is 2.22. The van der Waals surface area contributed by atoms with Crippen molar-refractivity contribution in [2.24, 2.45) is 0 Å². The van der Waals surface area contributed by atoms with E-state index in [0.717, 1.165) is 20.9 Å². The number of benzene rings is 2. The summed E-state index contributed by atoms with van der Waals surface area (Å²) in [5, 5.41) is 0.897. The van der Waals surface area contributed by atoms with Crippen LogP contribution in [0.4, 0.5) is 11.4 Å². The molecular weight excluding hydrogens is 356 g/mol. The normalized spacial score (nSPS) is 10.7. The Hall–Kier alpha value is -2.47. The van der Waals surface area contributed by atoms with Gasteiger partial charge in [0.25, 0.3) is 5.91 Å². The second-order valence-electron chi connectivity index (χ2n) is 5.26. The second-order valence-corrected chi connectivity index (χ2v) is 6.11. The van der Waals surface area contributed by atoms with E-state index < -0.39 is 0 Å². The van der Waals surface area contributed by atoms with E-state index in [2.05, 4.69) is 25.9 Å². The third kappa shape index (κ3) is 2.90. The molecule has 5 nitrogen and oxygen atoms in total. The first-order chi connectivity index (χ1) is 11.0. The van der Waals surface area contributed by atoms with Gasteiger partial charge in [-0.2, -0.15) is 0 Å². The van der Waals surface area contributed by atoms with E-state index in [1.54, 1.807) is 19.3 Å². The van der Waals surface area contributed by atoms with Crippen LogP contribution in [0.15, 0.2) is 47.1 Å². The van der Waals surface area contributed by atoms with Crippen molar-refractivity contribution in [3.05, 3.63) is 58.5 Å². The van der Waals surface area contributed by atoms with E-state index in [0.29, 0.717) is 11.4 Å². The average Bonchev–Trinajstić information content (AvgIpc) is 2.57. The van der Waals surface area contributed by atoms with Crippen molar-refractivity contribution in [1.82, 2.24) is 9.97 Å². The topological polar surface area (TPSA) is 72.1 Å². The Kier molecular flexibility index (Phi) is 4.00. The molecule has 1 aromatic heterocycles. The Morgan fingerprint density at radius 2 is 2.00 bits per heavy atom. The van der Waals surface area contributed by atoms with Crippen LogP contribution >= 0.6 is 15.9 Å². The highest BCUT2D eigenvalue weighted by molar-refractivity contribution is 9.10. The van der Waals surface area contributed by atoms with Crippen molar-refractivity contribution >= 4 is 44.1 Å². The molecule has 2 aromatic carbocycles. The predicted molar refractivity (Wildman–Crippen MR) is 95.6 cm³/mol. The summed E-state index contributed by atoms with van der Waals surface area (Å²) >= 11 is 3.45. The number of nitrogens with zero attached hydrogens (tertiary/aromatic N) is 3. The van der Waals surface area contributed by atoms with Crippen molar-refractivity contribution in [2.75, 3.05) is 17.7 Å². The van der Waals surface area contributed by atoms with Crippen molar-refractivity contribution in [3.63, 3.8) is 0 Å². The molecule has 0 unspecified atom stereocenters. The van der Waals surface area contributed by atoms with Gasteiger partial charge in [-0.1, -0.05) is 34.1 Å². The first-order valence-corrected chi connectivity index (χ1v) is 7.82. The molecule has 2 N–H and O–H groups in total. The molecule has 0 aliphatic rings. The number of anilines is 2. The highest BCUT2D eigenvalue weighted by atomic mass is 79.9. The SMILES string of the molecule is Cc1c(N)cc(N(C)C(=O)c2ncc3ccccc3n2)cc1Br. The van der Waals surface area contributed by atoms with Gasteiger partial charge in [0, 0.05) is 34.5 Å². The van der Waals surface area contributed by atoms with Gasteiger partial charge in [0.2, 0.25) is 5.82 Å². The number of carbonyl (C=O) groups is 1. The van der Waals surface area contributed by atoms with Gasteiger partial charge in [-0.25, -0.2) is 9.97 Å². The van der Waals surface area contributed by atoms with Gasteiger partial charge in [-0.05, 0) is 30.7 Å². The number of aromatic nitrogens is 2. The molecule has 0 spiro atoms. The lowest BCUT2D eigenvalue weighted by molar-refractivity contribution is 0.0983. The number of halogens is 1. The van der Waals surface area contributed by atoms with E-state index in [-0.39, 0.29) is 11.7 Å². The maximum absolute atomic E-state index is 12.6. The van der Waals surface area contributed by atoms with E-state index >= 15 is 0 Å². The molecule has 0 bridgehead atoms. The highest BCUT2D eigenvalue weighted by Crippen LogP contribution is 2.29. The molecule has 1 heterocycles. The van der Waals surface area contributed by atoms with E-state index in [9.17, 15) is 4.79 Å². The molecule has 0 aliphatic heterocycles. The fourth-order valence-corrected chi connectivity index (χ4v) is 2.68. The molecule has 3 rings (SSSR count). The monoisotopic (exact) mass is 370 g/mol. The summed E-state index contributed by atoms with van der Waals surface area (Å²) in [4.78, 5) is 22.6. The number of hydrogen-bond acceptors (Lipinski definition) is 4. The number of carbonyl (C=O) groups excluding carboxylic acids is 1. The molecule has 0 saturated heterocycles. The zero-order chi connectivity index (χ0) is 16.6. The van der Waals surface area contributed by atoms with Crippen LogP contribution in [-0.2, 0) is 0 Å².